The van der Waals surface area contributed by atoms with Crippen LogP contribution in [0.4, 0.5) is 0 Å². The number of nitrogens with zero attached hydrogens (tertiary/aromatic N) is 1. The van der Waals surface area contributed by atoms with E-state index in [-0.39, 0.29) is 10.8 Å². The van der Waals surface area contributed by atoms with Gasteiger partial charge in [0.1, 0.15) is 10.6 Å². The molecule has 1 heterocycles. The summed E-state index contributed by atoms with van der Waals surface area (Å²) in [5.74, 6) is 0.642. The summed E-state index contributed by atoms with van der Waals surface area (Å²) in [5, 5.41) is 0. The van der Waals surface area contributed by atoms with E-state index in [2.05, 4.69) is 0 Å². The SMILES string of the molecule is COc1ccccc1S(=O)(=O)N1CCC(CN)C1. The normalized spacial score (nSPS) is 21.1. The number of ether oxygens (including phenoxy) is 1. The van der Waals surface area contributed by atoms with Crippen molar-refractivity contribution < 1.29 is 13.2 Å². The molecule has 1 aromatic rings. The van der Waals surface area contributed by atoms with Gasteiger partial charge in [-0.15, -0.1) is 0 Å². The Labute approximate surface area is 108 Å². The van der Waals surface area contributed by atoms with Gasteiger partial charge in [0.25, 0.3) is 0 Å². The Morgan fingerprint density at radius 3 is 2.78 bits per heavy atom. The largest absolute Gasteiger partial charge is 0.495 e. The first-order chi connectivity index (χ1) is 8.59. The van der Waals surface area contributed by atoms with Gasteiger partial charge in [-0.3, -0.25) is 0 Å². The monoisotopic (exact) mass is 270 g/mol. The minimum atomic E-state index is -3.47. The van der Waals surface area contributed by atoms with Gasteiger partial charge in [0.15, 0.2) is 0 Å². The lowest BCUT2D eigenvalue weighted by atomic mass is 10.1. The molecular weight excluding hydrogens is 252 g/mol. The highest BCUT2D eigenvalue weighted by molar-refractivity contribution is 7.89. The Balaban J connectivity index is 2.31. The van der Waals surface area contributed by atoms with Crippen molar-refractivity contribution in [1.82, 2.24) is 4.31 Å². The van der Waals surface area contributed by atoms with E-state index in [1.54, 1.807) is 24.3 Å². The van der Waals surface area contributed by atoms with Gasteiger partial charge in [-0.1, -0.05) is 12.1 Å². The average molecular weight is 270 g/mol. The molecule has 0 saturated carbocycles. The predicted octanol–water partition coefficient (Wildman–Crippen LogP) is 0.664. The molecule has 18 heavy (non-hydrogen) atoms. The fourth-order valence-corrected chi connectivity index (χ4v) is 3.87. The molecule has 2 N–H and O–H groups in total. The Bertz CT molecular complexity index is 516. The second-order valence-corrected chi connectivity index (χ2v) is 6.31. The summed E-state index contributed by atoms with van der Waals surface area (Å²) in [7, 11) is -2.00. The first-order valence-corrected chi connectivity index (χ1v) is 7.37. The number of hydrogen-bond acceptors (Lipinski definition) is 4. The quantitative estimate of drug-likeness (QED) is 0.872. The molecular formula is C12H18N2O3S. The molecule has 0 aliphatic carbocycles. The summed E-state index contributed by atoms with van der Waals surface area (Å²) in [6, 6.07) is 6.68. The van der Waals surface area contributed by atoms with E-state index in [0.29, 0.717) is 25.4 Å². The van der Waals surface area contributed by atoms with Gasteiger partial charge >= 0.3 is 0 Å². The molecule has 6 heteroatoms. The zero-order valence-corrected chi connectivity index (χ0v) is 11.2. The number of sulfonamides is 1. The highest BCUT2D eigenvalue weighted by Crippen LogP contribution is 2.29. The maximum absolute atomic E-state index is 12.5. The van der Waals surface area contributed by atoms with Crippen molar-refractivity contribution in [3.63, 3.8) is 0 Å². The first kappa shape index (κ1) is 13.3. The minimum Gasteiger partial charge on any atom is -0.495 e. The predicted molar refractivity (Wildman–Crippen MR) is 68.9 cm³/mol. The van der Waals surface area contributed by atoms with E-state index in [9.17, 15) is 8.42 Å². The molecule has 0 radical (unpaired) electrons. The maximum atomic E-state index is 12.5. The fourth-order valence-electron chi connectivity index (χ4n) is 2.18. The summed E-state index contributed by atoms with van der Waals surface area (Å²) in [6.07, 6.45) is 0.824. The second-order valence-electron chi connectivity index (χ2n) is 4.40. The third kappa shape index (κ3) is 2.36. The molecule has 0 spiro atoms. The van der Waals surface area contributed by atoms with Gasteiger partial charge in [0.05, 0.1) is 7.11 Å². The van der Waals surface area contributed by atoms with E-state index in [1.165, 1.54) is 11.4 Å². The number of methoxy groups -OCH3 is 1. The molecule has 0 aromatic heterocycles. The van der Waals surface area contributed by atoms with Gasteiger partial charge < -0.3 is 10.5 Å². The molecule has 5 nitrogen and oxygen atoms in total. The maximum Gasteiger partial charge on any atom is 0.246 e. The van der Waals surface area contributed by atoms with Gasteiger partial charge in [0, 0.05) is 13.1 Å². The summed E-state index contributed by atoms with van der Waals surface area (Å²) in [6.45, 7) is 1.55. The van der Waals surface area contributed by atoms with Crippen LogP contribution in [0.2, 0.25) is 0 Å². The third-order valence-corrected chi connectivity index (χ3v) is 5.17. The van der Waals surface area contributed by atoms with Crippen LogP contribution < -0.4 is 10.5 Å². The van der Waals surface area contributed by atoms with Crippen LogP contribution in [0, 0.1) is 5.92 Å². The Morgan fingerprint density at radius 2 is 2.17 bits per heavy atom. The van der Waals surface area contributed by atoms with Crippen molar-refractivity contribution in [3.05, 3.63) is 24.3 Å². The molecule has 0 bridgehead atoms. The first-order valence-electron chi connectivity index (χ1n) is 5.93. The topological polar surface area (TPSA) is 72.6 Å². The fraction of sp³-hybridized carbons (Fsp3) is 0.500. The van der Waals surface area contributed by atoms with Crippen LogP contribution in [0.5, 0.6) is 5.75 Å². The molecule has 100 valence electrons. The summed E-state index contributed by atoms with van der Waals surface area (Å²) in [5.41, 5.74) is 5.59. The highest BCUT2D eigenvalue weighted by Gasteiger charge is 2.33. The van der Waals surface area contributed by atoms with Crippen LogP contribution in [0.25, 0.3) is 0 Å². The van der Waals surface area contributed by atoms with Crippen LogP contribution in [0.3, 0.4) is 0 Å². The molecule has 1 atom stereocenters. The van der Waals surface area contributed by atoms with E-state index < -0.39 is 10.0 Å². The van der Waals surface area contributed by atoms with Crippen molar-refractivity contribution >= 4 is 10.0 Å². The zero-order chi connectivity index (χ0) is 13.2. The van der Waals surface area contributed by atoms with Crippen LogP contribution >= 0.6 is 0 Å². The van der Waals surface area contributed by atoms with E-state index in [0.717, 1.165) is 6.42 Å². The van der Waals surface area contributed by atoms with Crippen molar-refractivity contribution in [3.8, 4) is 5.75 Å². The van der Waals surface area contributed by atoms with Gasteiger partial charge in [-0.2, -0.15) is 4.31 Å². The second kappa shape index (κ2) is 5.26. The summed E-state index contributed by atoms with van der Waals surface area (Å²) < 4.78 is 31.6. The lowest BCUT2D eigenvalue weighted by molar-refractivity contribution is 0.397. The van der Waals surface area contributed by atoms with Crippen molar-refractivity contribution in [1.29, 1.82) is 0 Å². The molecule has 1 fully saturated rings. The molecule has 1 saturated heterocycles. The average Bonchev–Trinajstić information content (AvgIpc) is 2.88. The Kier molecular flexibility index (Phi) is 3.89. The highest BCUT2D eigenvalue weighted by atomic mass is 32.2. The number of benzene rings is 1. The van der Waals surface area contributed by atoms with Gasteiger partial charge in [-0.25, -0.2) is 8.42 Å². The molecule has 0 amide bonds. The van der Waals surface area contributed by atoms with Crippen LogP contribution in [0.15, 0.2) is 29.2 Å². The number of nitrogens with two attached hydrogens (primary N) is 1. The number of hydrogen-bond donors (Lipinski definition) is 1. The smallest absolute Gasteiger partial charge is 0.246 e. The molecule has 1 aliphatic rings. The van der Waals surface area contributed by atoms with E-state index in [4.69, 9.17) is 10.5 Å². The Hall–Kier alpha value is -1.11. The Morgan fingerprint density at radius 1 is 1.44 bits per heavy atom. The standard InChI is InChI=1S/C12H18N2O3S/c1-17-11-4-2-3-5-12(11)18(15,16)14-7-6-10(8-13)9-14/h2-5,10H,6-9,13H2,1H3. The molecule has 1 unspecified atom stereocenters. The lowest BCUT2D eigenvalue weighted by Crippen LogP contribution is -2.30. The summed E-state index contributed by atoms with van der Waals surface area (Å²) in [4.78, 5) is 0.227. The van der Waals surface area contributed by atoms with Gasteiger partial charge in [-0.05, 0) is 31.0 Å². The number of rotatable bonds is 4. The van der Waals surface area contributed by atoms with Crippen molar-refractivity contribution in [2.24, 2.45) is 11.7 Å². The van der Waals surface area contributed by atoms with Crippen LogP contribution in [-0.4, -0.2) is 39.5 Å². The lowest BCUT2D eigenvalue weighted by Gasteiger charge is -2.18. The van der Waals surface area contributed by atoms with E-state index in [1.807, 2.05) is 0 Å². The zero-order valence-electron chi connectivity index (χ0n) is 10.4. The minimum absolute atomic E-state index is 0.227. The molecule has 1 aromatic carbocycles. The summed E-state index contributed by atoms with van der Waals surface area (Å²) >= 11 is 0. The van der Waals surface area contributed by atoms with Gasteiger partial charge in [0.2, 0.25) is 10.0 Å². The van der Waals surface area contributed by atoms with Crippen LogP contribution in [-0.2, 0) is 10.0 Å². The van der Waals surface area contributed by atoms with E-state index >= 15 is 0 Å². The van der Waals surface area contributed by atoms with Crippen molar-refractivity contribution in [2.45, 2.75) is 11.3 Å². The third-order valence-electron chi connectivity index (χ3n) is 3.27. The molecule has 1 aliphatic heterocycles. The van der Waals surface area contributed by atoms with Crippen molar-refractivity contribution in [2.75, 3.05) is 26.7 Å². The van der Waals surface area contributed by atoms with Crippen LogP contribution in [0.1, 0.15) is 6.42 Å². The number of para-hydroxylation sites is 1. The molecule has 2 rings (SSSR count).